The summed E-state index contributed by atoms with van der Waals surface area (Å²) < 4.78 is 0. The predicted octanol–water partition coefficient (Wildman–Crippen LogP) is 7.72. The van der Waals surface area contributed by atoms with Gasteiger partial charge in [0, 0.05) is 30.0 Å². The van der Waals surface area contributed by atoms with E-state index >= 15 is 0 Å². The fourth-order valence-electron chi connectivity index (χ4n) is 3.59. The van der Waals surface area contributed by atoms with Gasteiger partial charge in [0.25, 0.3) is 0 Å². The average molecular weight is 670 g/mol. The monoisotopic (exact) mass is 670 g/mol. The molecule has 0 amide bonds. The Kier molecular flexibility index (Phi) is 14.3. The normalized spacial score (nSPS) is 10.7. The average Bonchev–Trinajstić information content (AvgIpc) is 2.94. The van der Waals surface area contributed by atoms with E-state index in [2.05, 4.69) is 41.2 Å². The molecule has 0 aliphatic carbocycles. The van der Waals surface area contributed by atoms with Gasteiger partial charge in [-0.3, -0.25) is 15.0 Å². The molecule has 0 spiro atoms. The largest absolute Gasteiger partial charge is 2.00 e. The number of halogens is 2. The van der Waals surface area contributed by atoms with E-state index in [1.54, 1.807) is 12.4 Å². The molecule has 0 radical (unpaired) electrons. The van der Waals surface area contributed by atoms with Crippen molar-refractivity contribution in [2.75, 3.05) is 5.34 Å². The molecular formula is C31H26CdCl2N4O2. The van der Waals surface area contributed by atoms with Gasteiger partial charge < -0.3 is 15.2 Å². The molecule has 0 aliphatic rings. The Bertz CT molecular complexity index is 1580. The quantitative estimate of drug-likeness (QED) is 0.109. The number of aryl methyl sites for hydroxylation is 1. The Morgan fingerprint density at radius 3 is 2.02 bits per heavy atom. The molecule has 5 aromatic rings. The third-order valence-electron chi connectivity index (χ3n) is 5.29. The van der Waals surface area contributed by atoms with Crippen molar-refractivity contribution in [2.45, 2.75) is 13.8 Å². The molecule has 0 bridgehead atoms. The molecular weight excluding hydrogens is 644 g/mol. The number of aromatic nitrogens is 2. The first-order valence-corrected chi connectivity index (χ1v) is 13.0. The molecule has 0 unspecified atom stereocenters. The van der Waals surface area contributed by atoms with Crippen LogP contribution in [-0.4, -0.2) is 27.5 Å². The number of pyridine rings is 2. The predicted molar refractivity (Wildman–Crippen MR) is 161 cm³/mol. The van der Waals surface area contributed by atoms with E-state index in [0.717, 1.165) is 51.2 Å². The van der Waals surface area contributed by atoms with E-state index in [1.807, 2.05) is 73.1 Å². The van der Waals surface area contributed by atoms with E-state index in [1.165, 1.54) is 5.56 Å². The summed E-state index contributed by atoms with van der Waals surface area (Å²) in [5, 5.41) is 16.0. The summed E-state index contributed by atoms with van der Waals surface area (Å²) in [5.41, 5.74) is 6.57. The third-order valence-corrected chi connectivity index (χ3v) is 5.29. The SMILES string of the molecule is CC(=O)[O-].Cc1ccc(/C(C=Nc2cccc3cccnc23)=C/[N-]c2cccc3cccnc23)cc1.ClCCl.[Cd+2]. The van der Waals surface area contributed by atoms with Crippen molar-refractivity contribution >= 4 is 74.1 Å². The molecule has 2 aromatic heterocycles. The standard InChI is InChI=1S/C28H21N4.C2H4O2.CH2Cl2.Cd/c1-20-12-14-21(15-13-20)24(18-31-25-10-2-6-22-8-4-16-29-27(22)25)19-32-26-11-3-7-23-9-5-17-30-28(23)26;1-2(3)4;2-1-3;/h2-19H,1H3;1H3,(H,3,4);1H2;/q-1;;;+2/p-1/b24-18+,32-19?;;;. The number of carboxylic acid groups (broad SMARTS) is 1. The number of carboxylic acids is 1. The van der Waals surface area contributed by atoms with Gasteiger partial charge in [-0.1, -0.05) is 72.3 Å². The number of fused-ring (bicyclic) bond motifs is 2. The van der Waals surface area contributed by atoms with E-state index in [-0.39, 0.29) is 32.6 Å². The molecule has 0 saturated heterocycles. The first-order chi connectivity index (χ1) is 18.9. The second kappa shape index (κ2) is 17.4. The summed E-state index contributed by atoms with van der Waals surface area (Å²) in [6.45, 7) is 3.05. The summed E-state index contributed by atoms with van der Waals surface area (Å²) in [4.78, 5) is 22.7. The zero-order valence-electron chi connectivity index (χ0n) is 22.2. The van der Waals surface area contributed by atoms with E-state index in [0.29, 0.717) is 0 Å². The molecule has 3 aromatic carbocycles. The smallest absolute Gasteiger partial charge is 0.662 e. The maximum Gasteiger partial charge on any atom is 2.00 e. The molecule has 0 fully saturated rings. The van der Waals surface area contributed by atoms with Gasteiger partial charge in [-0.25, -0.2) is 0 Å². The van der Waals surface area contributed by atoms with Crippen LogP contribution in [-0.2, 0) is 32.1 Å². The Morgan fingerprint density at radius 2 is 1.40 bits per heavy atom. The van der Waals surface area contributed by atoms with Crippen molar-refractivity contribution < 1.29 is 37.2 Å². The fraction of sp³-hybridized carbons (Fsp3) is 0.0968. The molecule has 2 heterocycles. The summed E-state index contributed by atoms with van der Waals surface area (Å²) in [6, 6.07) is 28.4. The van der Waals surface area contributed by atoms with Gasteiger partial charge >= 0.3 is 27.3 Å². The van der Waals surface area contributed by atoms with Gasteiger partial charge in [0.2, 0.25) is 0 Å². The minimum absolute atomic E-state index is 0. The maximum absolute atomic E-state index is 8.89. The second-order valence-corrected chi connectivity index (χ2v) is 8.94. The number of alkyl halides is 2. The molecule has 198 valence electrons. The van der Waals surface area contributed by atoms with Gasteiger partial charge in [-0.2, -0.15) is 6.20 Å². The van der Waals surface area contributed by atoms with Crippen LogP contribution >= 0.6 is 23.2 Å². The Labute approximate surface area is 264 Å². The third kappa shape index (κ3) is 10.0. The van der Waals surface area contributed by atoms with Crippen molar-refractivity contribution in [3.8, 4) is 0 Å². The van der Waals surface area contributed by atoms with Crippen LogP contribution < -0.4 is 5.11 Å². The number of benzene rings is 3. The zero-order valence-corrected chi connectivity index (χ0v) is 27.7. The number of nitrogens with zero attached hydrogens (tertiary/aromatic N) is 4. The zero-order chi connectivity index (χ0) is 28.0. The number of aliphatic carboxylic acids is 1. The van der Waals surface area contributed by atoms with Gasteiger partial charge in [0.15, 0.2) is 0 Å². The van der Waals surface area contributed by atoms with E-state index in [4.69, 9.17) is 43.4 Å². The number of para-hydroxylation sites is 2. The summed E-state index contributed by atoms with van der Waals surface area (Å²) >= 11 is 9.53. The number of hydrogen-bond acceptors (Lipinski definition) is 5. The van der Waals surface area contributed by atoms with Gasteiger partial charge in [0.05, 0.1) is 22.1 Å². The first-order valence-electron chi connectivity index (χ1n) is 11.9. The van der Waals surface area contributed by atoms with Crippen LogP contribution in [0.4, 0.5) is 11.4 Å². The maximum atomic E-state index is 8.89. The molecule has 6 nitrogen and oxygen atoms in total. The van der Waals surface area contributed by atoms with Crippen molar-refractivity contribution in [3.63, 3.8) is 0 Å². The number of hydrogen-bond donors (Lipinski definition) is 0. The van der Waals surface area contributed by atoms with Crippen molar-refractivity contribution in [1.82, 2.24) is 9.97 Å². The van der Waals surface area contributed by atoms with Gasteiger partial charge in [-0.05, 0) is 48.6 Å². The van der Waals surface area contributed by atoms with Crippen molar-refractivity contribution in [2.24, 2.45) is 4.99 Å². The Morgan fingerprint density at radius 1 is 0.875 bits per heavy atom. The Balaban J connectivity index is 0.000000634. The molecule has 0 N–H and O–H groups in total. The fourth-order valence-corrected chi connectivity index (χ4v) is 3.59. The molecule has 0 aliphatic heterocycles. The van der Waals surface area contributed by atoms with E-state index in [9.17, 15) is 0 Å². The number of rotatable bonds is 5. The van der Waals surface area contributed by atoms with Gasteiger partial charge in [0.1, 0.15) is 0 Å². The molecule has 40 heavy (non-hydrogen) atoms. The van der Waals surface area contributed by atoms with Gasteiger partial charge in [-0.15, -0.1) is 28.9 Å². The summed E-state index contributed by atoms with van der Waals surface area (Å²) in [5.74, 6) is -1.08. The Hall–Kier alpha value is -3.34. The minimum Gasteiger partial charge on any atom is -0.662 e. The molecule has 9 heteroatoms. The van der Waals surface area contributed by atoms with Crippen LogP contribution in [0.25, 0.3) is 32.7 Å². The number of allylic oxidation sites excluding steroid dienone is 1. The van der Waals surface area contributed by atoms with E-state index < -0.39 is 5.97 Å². The van der Waals surface area contributed by atoms with Crippen molar-refractivity contribution in [1.29, 1.82) is 0 Å². The number of aliphatic imine (C=N–C) groups is 1. The topological polar surface area (TPSA) is 92.4 Å². The molecule has 0 atom stereocenters. The van der Waals surface area contributed by atoms with Crippen LogP contribution in [0.2, 0.25) is 0 Å². The first kappa shape index (κ1) is 32.9. The van der Waals surface area contributed by atoms with Crippen LogP contribution in [0.3, 0.4) is 0 Å². The number of carbonyl (C=O) groups excluding carboxylic acids is 1. The van der Waals surface area contributed by atoms with Crippen LogP contribution in [0.5, 0.6) is 0 Å². The minimum atomic E-state index is -1.08. The van der Waals surface area contributed by atoms with Crippen LogP contribution in [0, 0.1) is 6.92 Å². The van der Waals surface area contributed by atoms with Crippen LogP contribution in [0.15, 0.2) is 109 Å². The second-order valence-electron chi connectivity index (χ2n) is 8.13. The van der Waals surface area contributed by atoms with Crippen LogP contribution in [0.1, 0.15) is 18.1 Å². The molecule has 0 saturated carbocycles. The van der Waals surface area contributed by atoms with Crippen molar-refractivity contribution in [3.05, 3.63) is 120 Å². The summed E-state index contributed by atoms with van der Waals surface area (Å²) in [6.07, 6.45) is 7.30. The summed E-state index contributed by atoms with van der Waals surface area (Å²) in [7, 11) is 0. The molecule has 5 rings (SSSR count). The number of carbonyl (C=O) groups is 1.